The van der Waals surface area contributed by atoms with Crippen molar-refractivity contribution in [2.75, 3.05) is 6.54 Å². The number of rotatable bonds is 4. The highest BCUT2D eigenvalue weighted by Crippen LogP contribution is 2.32. The quantitative estimate of drug-likeness (QED) is 0.853. The van der Waals surface area contributed by atoms with Gasteiger partial charge in [0.1, 0.15) is 0 Å². The molecule has 0 bridgehead atoms. The molecule has 1 aromatic carbocycles. The Morgan fingerprint density at radius 2 is 1.68 bits per heavy atom. The zero-order valence-electron chi connectivity index (χ0n) is 12.5. The molecule has 1 N–H and O–H groups in total. The van der Waals surface area contributed by atoms with Crippen molar-refractivity contribution in [2.45, 2.75) is 40.7 Å². The van der Waals surface area contributed by atoms with Crippen molar-refractivity contribution in [3.63, 3.8) is 0 Å². The van der Waals surface area contributed by atoms with Gasteiger partial charge in [0.25, 0.3) is 0 Å². The van der Waals surface area contributed by atoms with Crippen LogP contribution in [0.1, 0.15) is 45.7 Å². The topological polar surface area (TPSA) is 12.0 Å². The normalized spacial score (nSPS) is 12.7. The van der Waals surface area contributed by atoms with Crippen molar-refractivity contribution in [1.82, 2.24) is 5.32 Å². The molecule has 1 aromatic heterocycles. The zero-order valence-corrected chi connectivity index (χ0v) is 13.3. The standard InChI is InChI=1S/C17H23NS/c1-6-18-16(17-11(2)7-8-19-17)15-10-13(4)12(3)9-14(15)5/h7-10,16,18H,6H2,1-5H3. The number of benzene rings is 1. The second-order valence-corrected chi connectivity index (χ2v) is 6.20. The minimum atomic E-state index is 0.323. The Balaban J connectivity index is 2.51. The molecule has 102 valence electrons. The van der Waals surface area contributed by atoms with Crippen molar-refractivity contribution in [3.05, 3.63) is 56.3 Å². The lowest BCUT2D eigenvalue weighted by atomic mass is 9.94. The molecule has 0 aliphatic heterocycles. The molecule has 1 heterocycles. The van der Waals surface area contributed by atoms with Crippen molar-refractivity contribution >= 4 is 11.3 Å². The molecule has 0 spiro atoms. The van der Waals surface area contributed by atoms with Crippen LogP contribution in [0.5, 0.6) is 0 Å². The van der Waals surface area contributed by atoms with Crippen LogP contribution >= 0.6 is 11.3 Å². The average molecular weight is 273 g/mol. The van der Waals surface area contributed by atoms with Crippen LogP contribution in [0.4, 0.5) is 0 Å². The first-order valence-electron chi connectivity index (χ1n) is 6.89. The first-order valence-corrected chi connectivity index (χ1v) is 7.77. The third kappa shape index (κ3) is 2.90. The summed E-state index contributed by atoms with van der Waals surface area (Å²) in [5.41, 5.74) is 6.92. The summed E-state index contributed by atoms with van der Waals surface area (Å²) >= 11 is 1.85. The van der Waals surface area contributed by atoms with Crippen LogP contribution in [0.3, 0.4) is 0 Å². The van der Waals surface area contributed by atoms with Gasteiger partial charge in [0.15, 0.2) is 0 Å². The summed E-state index contributed by atoms with van der Waals surface area (Å²) in [7, 11) is 0. The number of aryl methyl sites for hydroxylation is 4. The third-order valence-electron chi connectivity index (χ3n) is 3.77. The van der Waals surface area contributed by atoms with Gasteiger partial charge in [-0.25, -0.2) is 0 Å². The summed E-state index contributed by atoms with van der Waals surface area (Å²) in [5.74, 6) is 0. The van der Waals surface area contributed by atoms with Gasteiger partial charge in [0.05, 0.1) is 6.04 Å². The first kappa shape index (κ1) is 14.3. The molecule has 0 radical (unpaired) electrons. The van der Waals surface area contributed by atoms with Gasteiger partial charge in [-0.2, -0.15) is 0 Å². The lowest BCUT2D eigenvalue weighted by Crippen LogP contribution is -2.22. The SMILES string of the molecule is CCNC(c1cc(C)c(C)cc1C)c1sccc1C. The summed E-state index contributed by atoms with van der Waals surface area (Å²) in [5, 5.41) is 5.83. The maximum absolute atomic E-state index is 3.64. The number of thiophene rings is 1. The van der Waals surface area contributed by atoms with Gasteiger partial charge in [-0.15, -0.1) is 11.3 Å². The molecule has 1 atom stereocenters. The lowest BCUT2D eigenvalue weighted by Gasteiger charge is -2.21. The van der Waals surface area contributed by atoms with Gasteiger partial charge in [0, 0.05) is 4.88 Å². The number of hydrogen-bond donors (Lipinski definition) is 1. The molecule has 2 rings (SSSR count). The van der Waals surface area contributed by atoms with E-state index in [2.05, 4.69) is 63.5 Å². The molecule has 0 aliphatic rings. The Morgan fingerprint density at radius 3 is 2.26 bits per heavy atom. The van der Waals surface area contributed by atoms with Crippen LogP contribution in [0.15, 0.2) is 23.6 Å². The van der Waals surface area contributed by atoms with Gasteiger partial charge in [0.2, 0.25) is 0 Å². The van der Waals surface area contributed by atoms with E-state index >= 15 is 0 Å². The van der Waals surface area contributed by atoms with Crippen molar-refractivity contribution < 1.29 is 0 Å². The van der Waals surface area contributed by atoms with E-state index in [1.807, 2.05) is 11.3 Å². The molecule has 1 unspecified atom stereocenters. The second kappa shape index (κ2) is 5.89. The van der Waals surface area contributed by atoms with Gasteiger partial charge >= 0.3 is 0 Å². The Kier molecular flexibility index (Phi) is 4.43. The fourth-order valence-electron chi connectivity index (χ4n) is 2.52. The monoisotopic (exact) mass is 273 g/mol. The Bertz CT molecular complexity index is 569. The highest BCUT2D eigenvalue weighted by atomic mass is 32.1. The largest absolute Gasteiger partial charge is 0.306 e. The summed E-state index contributed by atoms with van der Waals surface area (Å²) in [6.45, 7) is 12.0. The van der Waals surface area contributed by atoms with E-state index < -0.39 is 0 Å². The average Bonchev–Trinajstić information content (AvgIpc) is 2.77. The van der Waals surface area contributed by atoms with Crippen LogP contribution in [0.2, 0.25) is 0 Å². The smallest absolute Gasteiger partial charge is 0.0676 e. The van der Waals surface area contributed by atoms with E-state index in [9.17, 15) is 0 Å². The van der Waals surface area contributed by atoms with Crippen LogP contribution in [-0.4, -0.2) is 6.54 Å². The molecular formula is C17H23NS. The molecule has 0 amide bonds. The predicted molar refractivity (Wildman–Crippen MR) is 85.2 cm³/mol. The molecule has 1 nitrogen and oxygen atoms in total. The van der Waals surface area contributed by atoms with Crippen molar-refractivity contribution in [3.8, 4) is 0 Å². The van der Waals surface area contributed by atoms with Crippen LogP contribution < -0.4 is 5.32 Å². The molecule has 0 saturated heterocycles. The number of nitrogens with one attached hydrogen (secondary N) is 1. The van der Waals surface area contributed by atoms with Crippen molar-refractivity contribution in [1.29, 1.82) is 0 Å². The van der Waals surface area contributed by atoms with Gasteiger partial charge in [-0.3, -0.25) is 0 Å². The highest BCUT2D eigenvalue weighted by Gasteiger charge is 2.18. The maximum Gasteiger partial charge on any atom is 0.0676 e. The van der Waals surface area contributed by atoms with Crippen LogP contribution in [0.25, 0.3) is 0 Å². The van der Waals surface area contributed by atoms with Gasteiger partial charge in [-0.05, 0) is 73.5 Å². The highest BCUT2D eigenvalue weighted by molar-refractivity contribution is 7.10. The van der Waals surface area contributed by atoms with E-state index in [4.69, 9.17) is 0 Å². The maximum atomic E-state index is 3.64. The Labute approximate surface area is 120 Å². The summed E-state index contributed by atoms with van der Waals surface area (Å²) in [6.07, 6.45) is 0. The molecule has 19 heavy (non-hydrogen) atoms. The summed E-state index contributed by atoms with van der Waals surface area (Å²) < 4.78 is 0. The molecule has 0 fully saturated rings. The van der Waals surface area contributed by atoms with E-state index in [1.165, 1.54) is 32.7 Å². The third-order valence-corrected chi connectivity index (χ3v) is 4.85. The van der Waals surface area contributed by atoms with Crippen LogP contribution in [-0.2, 0) is 0 Å². The minimum Gasteiger partial charge on any atom is -0.306 e. The second-order valence-electron chi connectivity index (χ2n) is 5.25. The zero-order chi connectivity index (χ0) is 14.0. The molecule has 0 aliphatic carbocycles. The Hall–Kier alpha value is -1.12. The molecule has 2 aromatic rings. The fraction of sp³-hybridized carbons (Fsp3) is 0.412. The minimum absolute atomic E-state index is 0.323. The fourth-order valence-corrected chi connectivity index (χ4v) is 3.54. The van der Waals surface area contributed by atoms with E-state index in [0.29, 0.717) is 6.04 Å². The van der Waals surface area contributed by atoms with E-state index in [1.54, 1.807) is 0 Å². The lowest BCUT2D eigenvalue weighted by molar-refractivity contribution is 0.633. The van der Waals surface area contributed by atoms with Crippen molar-refractivity contribution in [2.24, 2.45) is 0 Å². The van der Waals surface area contributed by atoms with E-state index in [-0.39, 0.29) is 0 Å². The van der Waals surface area contributed by atoms with Crippen LogP contribution in [0, 0.1) is 27.7 Å². The van der Waals surface area contributed by atoms with Gasteiger partial charge < -0.3 is 5.32 Å². The van der Waals surface area contributed by atoms with E-state index in [0.717, 1.165) is 6.54 Å². The predicted octanol–water partition coefficient (Wildman–Crippen LogP) is 4.68. The summed E-state index contributed by atoms with van der Waals surface area (Å²) in [4.78, 5) is 1.44. The molecule has 0 saturated carbocycles. The molecular weight excluding hydrogens is 250 g/mol. The van der Waals surface area contributed by atoms with Gasteiger partial charge in [-0.1, -0.05) is 19.1 Å². The summed E-state index contributed by atoms with van der Waals surface area (Å²) in [6, 6.07) is 7.18. The number of hydrogen-bond acceptors (Lipinski definition) is 2. The molecule has 2 heteroatoms. The Morgan fingerprint density at radius 1 is 1.00 bits per heavy atom. The first-order chi connectivity index (χ1) is 9.04.